The van der Waals surface area contributed by atoms with Gasteiger partial charge in [0.25, 0.3) is 5.91 Å². The Hall–Kier alpha value is -3.36. The summed E-state index contributed by atoms with van der Waals surface area (Å²) in [5.41, 5.74) is 4.26. The predicted octanol–water partition coefficient (Wildman–Crippen LogP) is 5.40. The zero-order valence-corrected chi connectivity index (χ0v) is 24.8. The molecule has 1 aromatic heterocycles. The minimum Gasteiger partial charge on any atom is -0.444 e. The second kappa shape index (κ2) is 12.7. The summed E-state index contributed by atoms with van der Waals surface area (Å²) in [6.45, 7) is 8.53. The number of nitrogens with zero attached hydrogens (tertiary/aromatic N) is 3. The summed E-state index contributed by atoms with van der Waals surface area (Å²) in [5, 5.41) is 1.16. The van der Waals surface area contributed by atoms with Crippen molar-refractivity contribution in [2.24, 2.45) is 0 Å². The lowest BCUT2D eigenvalue weighted by Crippen LogP contribution is -2.53. The molecule has 1 aliphatic heterocycles. The van der Waals surface area contributed by atoms with Crippen molar-refractivity contribution in [2.75, 3.05) is 33.4 Å². The molecule has 0 N–H and O–H groups in total. The molecule has 2 amide bonds. The van der Waals surface area contributed by atoms with Gasteiger partial charge in [-0.1, -0.05) is 42.5 Å². The molecule has 220 valence electrons. The molecule has 0 radical (unpaired) electrons. The van der Waals surface area contributed by atoms with E-state index in [4.69, 9.17) is 14.2 Å². The maximum Gasteiger partial charge on any atom is 0.410 e. The van der Waals surface area contributed by atoms with Crippen molar-refractivity contribution >= 4 is 22.9 Å². The summed E-state index contributed by atoms with van der Waals surface area (Å²) < 4.78 is 19.1. The van der Waals surface area contributed by atoms with Crippen LogP contribution < -0.4 is 0 Å². The lowest BCUT2D eigenvalue weighted by molar-refractivity contribution is -0.150. The van der Waals surface area contributed by atoms with Crippen LogP contribution in [-0.2, 0) is 38.5 Å². The Morgan fingerprint density at radius 2 is 1.85 bits per heavy atom. The first-order valence-corrected chi connectivity index (χ1v) is 14.8. The van der Waals surface area contributed by atoms with Crippen molar-refractivity contribution in [2.45, 2.75) is 77.3 Å². The van der Waals surface area contributed by atoms with E-state index in [1.165, 1.54) is 16.6 Å². The van der Waals surface area contributed by atoms with Crippen molar-refractivity contribution in [1.29, 1.82) is 0 Å². The summed E-state index contributed by atoms with van der Waals surface area (Å²) in [6, 6.07) is 17.4. The lowest BCUT2D eigenvalue weighted by atomic mass is 10.0. The van der Waals surface area contributed by atoms with Crippen LogP contribution >= 0.6 is 0 Å². The van der Waals surface area contributed by atoms with Crippen molar-refractivity contribution in [3.63, 3.8) is 0 Å². The quantitative estimate of drug-likeness (QED) is 0.310. The van der Waals surface area contributed by atoms with E-state index < -0.39 is 17.8 Å². The number of hydrogen-bond donors (Lipinski definition) is 0. The fraction of sp³-hybridized carbons (Fsp3) is 0.515. The van der Waals surface area contributed by atoms with Gasteiger partial charge in [0.15, 0.2) is 6.10 Å². The van der Waals surface area contributed by atoms with Crippen LogP contribution in [0.5, 0.6) is 0 Å². The predicted molar refractivity (Wildman–Crippen MR) is 159 cm³/mol. The molecular formula is C33H43N3O5. The molecule has 1 saturated heterocycles. The van der Waals surface area contributed by atoms with E-state index in [9.17, 15) is 9.59 Å². The molecule has 1 atom stereocenters. The van der Waals surface area contributed by atoms with E-state index in [1.807, 2.05) is 31.7 Å². The SMILES string of the molecule is COCCCn1cc(CN(C(=O)[C@H]2CN(C(=O)OC(C)(C)C)CCO2)C2CC2)c2ccc(Cc3ccccc3)cc21. The van der Waals surface area contributed by atoms with Crippen LogP contribution in [0.25, 0.3) is 10.9 Å². The highest BCUT2D eigenvalue weighted by atomic mass is 16.6. The molecule has 3 aromatic rings. The number of rotatable bonds is 10. The summed E-state index contributed by atoms with van der Waals surface area (Å²) >= 11 is 0. The minimum absolute atomic E-state index is 0.0539. The third-order valence-corrected chi connectivity index (χ3v) is 7.63. The number of methoxy groups -OCH3 is 1. The monoisotopic (exact) mass is 561 g/mol. The summed E-state index contributed by atoms with van der Waals surface area (Å²) in [7, 11) is 1.73. The third-order valence-electron chi connectivity index (χ3n) is 7.63. The van der Waals surface area contributed by atoms with E-state index in [1.54, 1.807) is 12.0 Å². The average Bonchev–Trinajstić information content (AvgIpc) is 3.74. The molecule has 8 nitrogen and oxygen atoms in total. The number of hydrogen-bond acceptors (Lipinski definition) is 5. The standard InChI is InChI=1S/C33H43N3O5/c1-33(2,3)41-32(38)35-16-18-40-30(23-35)31(37)36(27-12-13-27)22-26-21-34(15-8-17-39-4)29-20-25(11-14-28(26)29)19-24-9-6-5-7-10-24/h5-7,9-11,14,20-21,27,30H,8,12-13,15-19,22-23H2,1-4H3/t30-/m1/s1. The summed E-state index contributed by atoms with van der Waals surface area (Å²) in [6.07, 6.45) is 4.86. The fourth-order valence-electron chi connectivity index (χ4n) is 5.48. The number of benzene rings is 2. The highest BCUT2D eigenvalue weighted by molar-refractivity contribution is 5.87. The Balaban J connectivity index is 1.36. The molecule has 2 heterocycles. The van der Waals surface area contributed by atoms with Crippen molar-refractivity contribution < 1.29 is 23.8 Å². The van der Waals surface area contributed by atoms with Gasteiger partial charge in [-0.15, -0.1) is 0 Å². The maximum absolute atomic E-state index is 13.8. The van der Waals surface area contributed by atoms with Crippen LogP contribution in [0.4, 0.5) is 4.79 Å². The maximum atomic E-state index is 13.8. The van der Waals surface area contributed by atoms with Crippen LogP contribution in [0.2, 0.25) is 0 Å². The van der Waals surface area contributed by atoms with Gasteiger partial charge in [0.2, 0.25) is 0 Å². The Labute approximate surface area is 243 Å². The zero-order valence-electron chi connectivity index (χ0n) is 24.8. The van der Waals surface area contributed by atoms with E-state index >= 15 is 0 Å². The summed E-state index contributed by atoms with van der Waals surface area (Å²) in [4.78, 5) is 30.1. The molecule has 0 unspecified atom stereocenters. The van der Waals surface area contributed by atoms with Gasteiger partial charge in [0, 0.05) is 56.5 Å². The fourth-order valence-corrected chi connectivity index (χ4v) is 5.48. The molecule has 0 spiro atoms. The van der Waals surface area contributed by atoms with Crippen molar-refractivity contribution in [3.8, 4) is 0 Å². The highest BCUT2D eigenvalue weighted by Gasteiger charge is 2.39. The van der Waals surface area contributed by atoms with Gasteiger partial charge >= 0.3 is 6.09 Å². The number of morpholine rings is 1. The second-order valence-corrected chi connectivity index (χ2v) is 12.2. The summed E-state index contributed by atoms with van der Waals surface area (Å²) in [5.74, 6) is -0.0539. The van der Waals surface area contributed by atoms with Crippen molar-refractivity contribution in [1.82, 2.24) is 14.4 Å². The number of fused-ring (bicyclic) bond motifs is 1. The Bertz CT molecular complexity index is 1340. The van der Waals surface area contributed by atoms with Gasteiger partial charge in [0.05, 0.1) is 13.2 Å². The van der Waals surface area contributed by atoms with E-state index in [0.29, 0.717) is 26.3 Å². The van der Waals surface area contributed by atoms with Crippen molar-refractivity contribution in [3.05, 3.63) is 71.4 Å². The Morgan fingerprint density at radius 3 is 2.56 bits per heavy atom. The van der Waals surface area contributed by atoms with Gasteiger partial charge in [-0.05, 0) is 69.2 Å². The van der Waals surface area contributed by atoms with Gasteiger partial charge in [0.1, 0.15) is 5.60 Å². The first kappa shape index (κ1) is 29.1. The highest BCUT2D eigenvalue weighted by Crippen LogP contribution is 2.33. The van der Waals surface area contributed by atoms with Gasteiger partial charge in [-0.2, -0.15) is 0 Å². The topological polar surface area (TPSA) is 73.2 Å². The number of amides is 2. The number of carbonyl (C=O) groups excluding carboxylic acids is 2. The molecule has 2 aromatic carbocycles. The van der Waals surface area contributed by atoms with Gasteiger partial charge < -0.3 is 28.6 Å². The Kier molecular flexibility index (Phi) is 9.00. The second-order valence-electron chi connectivity index (χ2n) is 12.2. The first-order valence-electron chi connectivity index (χ1n) is 14.8. The van der Waals surface area contributed by atoms with Crippen LogP contribution in [0.1, 0.15) is 56.7 Å². The molecule has 1 saturated carbocycles. The number of aryl methyl sites for hydroxylation is 1. The number of ether oxygens (including phenoxy) is 3. The van der Waals surface area contributed by atoms with E-state index in [0.717, 1.165) is 43.2 Å². The van der Waals surface area contributed by atoms with Crippen LogP contribution in [0.15, 0.2) is 54.7 Å². The molecule has 0 bridgehead atoms. The molecule has 1 aliphatic carbocycles. The lowest BCUT2D eigenvalue weighted by Gasteiger charge is -2.35. The van der Waals surface area contributed by atoms with E-state index in [2.05, 4.69) is 53.2 Å². The average molecular weight is 562 g/mol. The van der Waals surface area contributed by atoms with Gasteiger partial charge in [-0.25, -0.2) is 4.79 Å². The van der Waals surface area contributed by atoms with E-state index in [-0.39, 0.29) is 18.5 Å². The normalized spacial score (nSPS) is 17.6. The first-order chi connectivity index (χ1) is 19.7. The number of carbonyl (C=O) groups is 2. The molecule has 2 fully saturated rings. The molecular weight excluding hydrogens is 518 g/mol. The van der Waals surface area contributed by atoms with Crippen LogP contribution in [-0.4, -0.2) is 77.5 Å². The Morgan fingerprint density at radius 1 is 1.07 bits per heavy atom. The largest absolute Gasteiger partial charge is 0.444 e. The molecule has 5 rings (SSSR count). The third kappa shape index (κ3) is 7.49. The smallest absolute Gasteiger partial charge is 0.410 e. The molecule has 41 heavy (non-hydrogen) atoms. The molecule has 8 heteroatoms. The van der Waals surface area contributed by atoms with Crippen LogP contribution in [0.3, 0.4) is 0 Å². The molecule has 2 aliphatic rings. The number of aromatic nitrogens is 1. The van der Waals surface area contributed by atoms with Crippen LogP contribution in [0, 0.1) is 0 Å². The zero-order chi connectivity index (χ0) is 29.0. The van der Waals surface area contributed by atoms with Gasteiger partial charge in [-0.3, -0.25) is 4.79 Å². The minimum atomic E-state index is -0.690.